The summed E-state index contributed by atoms with van der Waals surface area (Å²) in [6, 6.07) is 9.77. The van der Waals surface area contributed by atoms with E-state index in [4.69, 9.17) is 9.15 Å². The van der Waals surface area contributed by atoms with Gasteiger partial charge in [-0.2, -0.15) is 0 Å². The number of hydrogen-bond donors (Lipinski definition) is 1. The van der Waals surface area contributed by atoms with Crippen LogP contribution < -0.4 is 5.63 Å². The Morgan fingerprint density at radius 2 is 2.17 bits per heavy atom. The summed E-state index contributed by atoms with van der Waals surface area (Å²) >= 11 is 3.14. The molecule has 0 saturated carbocycles. The predicted octanol–water partition coefficient (Wildman–Crippen LogP) is 3.54. The molecule has 0 aliphatic heterocycles. The van der Waals surface area contributed by atoms with Crippen molar-refractivity contribution < 1.29 is 19.1 Å². The fraction of sp³-hybridized carbons (Fsp3) is 0.176. The first-order chi connectivity index (χ1) is 11.6. The Balaban J connectivity index is 1.60. The average Bonchev–Trinajstić information content (AvgIpc) is 3.05. The molecular weight excluding hydrogens is 348 g/mol. The van der Waals surface area contributed by atoms with Gasteiger partial charge in [0.1, 0.15) is 17.9 Å². The van der Waals surface area contributed by atoms with E-state index in [9.17, 15) is 14.7 Å². The van der Waals surface area contributed by atoms with Crippen LogP contribution in [0.3, 0.4) is 0 Å². The summed E-state index contributed by atoms with van der Waals surface area (Å²) in [4.78, 5) is 24.6. The number of thioether (sulfide) groups is 1. The molecule has 1 N–H and O–H groups in total. The van der Waals surface area contributed by atoms with Gasteiger partial charge in [0.15, 0.2) is 0 Å². The van der Waals surface area contributed by atoms with E-state index in [0.29, 0.717) is 10.9 Å². The molecule has 0 spiro atoms. The average molecular weight is 362 g/mol. The van der Waals surface area contributed by atoms with Crippen molar-refractivity contribution in [2.75, 3.05) is 5.75 Å². The SMILES string of the molecule is O=C(CSCc1cccs1)OCc1cc(=O)oc2cc(O)ccc12. The predicted molar refractivity (Wildman–Crippen MR) is 94.4 cm³/mol. The highest BCUT2D eigenvalue weighted by Crippen LogP contribution is 2.22. The Kier molecular flexibility index (Phi) is 5.22. The Labute approximate surface area is 145 Å². The zero-order valence-electron chi connectivity index (χ0n) is 12.6. The minimum Gasteiger partial charge on any atom is -0.508 e. The monoisotopic (exact) mass is 362 g/mol. The van der Waals surface area contributed by atoms with Crippen molar-refractivity contribution in [3.05, 3.63) is 62.6 Å². The third kappa shape index (κ3) is 4.18. The van der Waals surface area contributed by atoms with E-state index < -0.39 is 5.63 Å². The zero-order chi connectivity index (χ0) is 16.9. The number of thiophene rings is 1. The Bertz CT molecular complexity index is 899. The maximum Gasteiger partial charge on any atom is 0.336 e. The number of benzene rings is 1. The number of esters is 1. The normalized spacial score (nSPS) is 10.8. The molecule has 124 valence electrons. The van der Waals surface area contributed by atoms with E-state index >= 15 is 0 Å². The summed E-state index contributed by atoms with van der Waals surface area (Å²) in [6.45, 7) is -0.00866. The molecule has 0 radical (unpaired) electrons. The standard InChI is InChI=1S/C17H14O5S2/c18-12-3-4-14-11(6-16(19)22-15(14)7-12)8-21-17(20)10-23-9-13-2-1-5-24-13/h1-7,18H,8-10H2. The van der Waals surface area contributed by atoms with Gasteiger partial charge in [-0.1, -0.05) is 6.07 Å². The lowest BCUT2D eigenvalue weighted by molar-refractivity contribution is -0.141. The second kappa shape index (κ2) is 7.55. The van der Waals surface area contributed by atoms with Crippen molar-refractivity contribution in [1.82, 2.24) is 0 Å². The van der Waals surface area contributed by atoms with Gasteiger partial charge in [0.25, 0.3) is 0 Å². The fourth-order valence-electron chi connectivity index (χ4n) is 2.17. The van der Waals surface area contributed by atoms with E-state index in [-0.39, 0.29) is 29.7 Å². The maximum atomic E-state index is 11.8. The van der Waals surface area contributed by atoms with Crippen molar-refractivity contribution in [2.45, 2.75) is 12.4 Å². The number of carbonyl (C=O) groups excluding carboxylic acids is 1. The molecule has 0 fully saturated rings. The quantitative estimate of drug-likeness (QED) is 0.534. The summed E-state index contributed by atoms with van der Waals surface area (Å²) < 4.78 is 10.3. The Morgan fingerprint density at radius 3 is 2.96 bits per heavy atom. The van der Waals surface area contributed by atoms with Crippen LogP contribution in [-0.2, 0) is 21.9 Å². The highest BCUT2D eigenvalue weighted by molar-refractivity contribution is 7.99. The van der Waals surface area contributed by atoms with Gasteiger partial charge in [0.05, 0.1) is 5.75 Å². The van der Waals surface area contributed by atoms with Crippen molar-refractivity contribution in [2.24, 2.45) is 0 Å². The number of phenols is 1. The van der Waals surface area contributed by atoms with Crippen LogP contribution in [0.5, 0.6) is 5.75 Å². The second-order valence-corrected chi connectivity index (χ2v) is 7.02. The summed E-state index contributed by atoms with van der Waals surface area (Å²) in [6.07, 6.45) is 0. The van der Waals surface area contributed by atoms with E-state index in [1.165, 1.54) is 34.8 Å². The van der Waals surface area contributed by atoms with Gasteiger partial charge in [-0.15, -0.1) is 23.1 Å². The molecule has 3 aromatic rings. The van der Waals surface area contributed by atoms with Crippen LogP contribution in [-0.4, -0.2) is 16.8 Å². The first-order valence-corrected chi connectivity index (χ1v) is 9.17. The molecule has 0 saturated heterocycles. The van der Waals surface area contributed by atoms with Crippen LogP contribution in [0.2, 0.25) is 0 Å². The van der Waals surface area contributed by atoms with E-state index in [1.54, 1.807) is 17.4 Å². The highest BCUT2D eigenvalue weighted by atomic mass is 32.2. The number of carbonyl (C=O) groups is 1. The number of phenolic OH excluding ortho intramolecular Hbond substituents is 1. The lowest BCUT2D eigenvalue weighted by Gasteiger charge is -2.07. The minimum atomic E-state index is -0.550. The molecule has 24 heavy (non-hydrogen) atoms. The number of rotatable bonds is 6. The van der Waals surface area contributed by atoms with Gasteiger partial charge >= 0.3 is 11.6 Å². The van der Waals surface area contributed by atoms with Crippen LogP contribution in [0.1, 0.15) is 10.4 Å². The van der Waals surface area contributed by atoms with Gasteiger partial charge in [-0.3, -0.25) is 4.79 Å². The lowest BCUT2D eigenvalue weighted by atomic mass is 10.1. The third-order valence-electron chi connectivity index (χ3n) is 3.25. The highest BCUT2D eigenvalue weighted by Gasteiger charge is 2.10. The summed E-state index contributed by atoms with van der Waals surface area (Å²) in [5, 5.41) is 12.1. The molecule has 0 bridgehead atoms. The zero-order valence-corrected chi connectivity index (χ0v) is 14.2. The van der Waals surface area contributed by atoms with Gasteiger partial charge in [0, 0.05) is 33.7 Å². The van der Waals surface area contributed by atoms with Crippen LogP contribution in [0.25, 0.3) is 11.0 Å². The molecule has 0 aliphatic rings. The molecule has 0 unspecified atom stereocenters. The Morgan fingerprint density at radius 1 is 1.29 bits per heavy atom. The summed E-state index contributed by atoms with van der Waals surface area (Å²) in [5.41, 5.74) is 0.268. The molecule has 0 amide bonds. The lowest BCUT2D eigenvalue weighted by Crippen LogP contribution is -2.09. The van der Waals surface area contributed by atoms with Gasteiger partial charge in [0.2, 0.25) is 0 Å². The van der Waals surface area contributed by atoms with Gasteiger partial charge < -0.3 is 14.3 Å². The summed E-state index contributed by atoms with van der Waals surface area (Å²) in [7, 11) is 0. The first-order valence-electron chi connectivity index (χ1n) is 7.13. The maximum absolute atomic E-state index is 11.8. The molecule has 5 nitrogen and oxygen atoms in total. The van der Waals surface area contributed by atoms with Crippen molar-refractivity contribution >= 4 is 40.0 Å². The van der Waals surface area contributed by atoms with E-state index in [1.807, 2.05) is 17.5 Å². The molecule has 3 rings (SSSR count). The fourth-order valence-corrected chi connectivity index (χ4v) is 3.83. The third-order valence-corrected chi connectivity index (χ3v) is 5.26. The van der Waals surface area contributed by atoms with Gasteiger partial charge in [-0.25, -0.2) is 4.79 Å². The van der Waals surface area contributed by atoms with Crippen LogP contribution >= 0.6 is 23.1 Å². The largest absolute Gasteiger partial charge is 0.508 e. The number of ether oxygens (including phenoxy) is 1. The van der Waals surface area contributed by atoms with Crippen molar-refractivity contribution in [1.29, 1.82) is 0 Å². The Hall–Kier alpha value is -2.25. The topological polar surface area (TPSA) is 76.7 Å². The molecular formula is C17H14O5S2. The molecule has 2 heterocycles. The second-order valence-electron chi connectivity index (χ2n) is 5.00. The van der Waals surface area contributed by atoms with Crippen molar-refractivity contribution in [3.8, 4) is 5.75 Å². The van der Waals surface area contributed by atoms with Crippen LogP contribution in [0, 0.1) is 0 Å². The number of aromatic hydroxyl groups is 1. The van der Waals surface area contributed by atoms with E-state index in [2.05, 4.69) is 0 Å². The molecule has 1 aromatic carbocycles. The number of fused-ring (bicyclic) bond motifs is 1. The summed E-state index contributed by atoms with van der Waals surface area (Å²) in [5.74, 6) is 0.684. The van der Waals surface area contributed by atoms with Crippen LogP contribution in [0.15, 0.2) is 51.0 Å². The van der Waals surface area contributed by atoms with Crippen molar-refractivity contribution in [3.63, 3.8) is 0 Å². The van der Waals surface area contributed by atoms with Crippen LogP contribution in [0.4, 0.5) is 0 Å². The minimum absolute atomic E-state index is 0.00442. The molecule has 0 aliphatic carbocycles. The van der Waals surface area contributed by atoms with E-state index in [0.717, 1.165) is 5.75 Å². The first kappa shape index (κ1) is 16.6. The smallest absolute Gasteiger partial charge is 0.336 e. The molecule has 2 aromatic heterocycles. The molecule has 7 heteroatoms. The molecule has 0 atom stereocenters. The number of hydrogen-bond acceptors (Lipinski definition) is 7. The van der Waals surface area contributed by atoms with Gasteiger partial charge in [-0.05, 0) is 23.6 Å².